The van der Waals surface area contributed by atoms with E-state index in [0.717, 1.165) is 11.3 Å². The molecule has 0 amide bonds. The van der Waals surface area contributed by atoms with Gasteiger partial charge in [0, 0.05) is 17.0 Å². The average Bonchev–Trinajstić information content (AvgIpc) is 2.03. The lowest BCUT2D eigenvalue weighted by molar-refractivity contribution is -0.137. The molecule has 0 saturated heterocycles. The van der Waals surface area contributed by atoms with Crippen molar-refractivity contribution in [1.29, 1.82) is 0 Å². The summed E-state index contributed by atoms with van der Waals surface area (Å²) in [5.41, 5.74) is 7.77. The Bertz CT molecular complexity index is 184. The van der Waals surface area contributed by atoms with Gasteiger partial charge in [-0.15, -0.1) is 0 Å². The fourth-order valence-corrected chi connectivity index (χ4v) is 1.54. The van der Waals surface area contributed by atoms with E-state index in [1.807, 2.05) is 6.92 Å². The minimum Gasteiger partial charge on any atom is -0.480 e. The van der Waals surface area contributed by atoms with Crippen LogP contribution in [0.2, 0.25) is 0 Å². The molecule has 0 saturated carbocycles. The molecule has 70 valence electrons. The summed E-state index contributed by atoms with van der Waals surface area (Å²) in [5.74, 6) is 0.178. The van der Waals surface area contributed by atoms with Crippen molar-refractivity contribution in [2.24, 2.45) is 5.73 Å². The monoisotopic (exact) mass is 209 g/mol. The molecule has 3 N–H and O–H groups in total. The summed E-state index contributed by atoms with van der Waals surface area (Å²) in [4.78, 5) is 10.3. The van der Waals surface area contributed by atoms with E-state index < -0.39 is 12.0 Å². The second-order valence-corrected chi connectivity index (χ2v) is 3.66. The van der Waals surface area contributed by atoms with Gasteiger partial charge in [0.1, 0.15) is 6.04 Å². The number of carboxylic acids is 1. The number of carbonyl (C=O) groups is 1. The first kappa shape index (κ1) is 11.8. The summed E-state index contributed by atoms with van der Waals surface area (Å²) in [6.07, 6.45) is 0. The number of carboxylic acid groups (broad SMARTS) is 1. The van der Waals surface area contributed by atoms with Gasteiger partial charge in [0.05, 0.1) is 0 Å². The Labute approximate surface area is 81.0 Å². The quantitative estimate of drug-likeness (QED) is 0.716. The van der Waals surface area contributed by atoms with Crippen molar-refractivity contribution >= 4 is 29.3 Å². The van der Waals surface area contributed by atoms with E-state index in [9.17, 15) is 4.79 Å². The fourth-order valence-electron chi connectivity index (χ4n) is 0.450. The van der Waals surface area contributed by atoms with E-state index in [2.05, 4.69) is 0 Å². The zero-order valence-electron chi connectivity index (χ0n) is 6.79. The van der Waals surface area contributed by atoms with Crippen LogP contribution < -0.4 is 5.73 Å². The SMILES string of the molecule is CC(=CCl)CSC[C@@H](N)C(=O)O. The molecule has 0 spiro atoms. The second-order valence-electron chi connectivity index (χ2n) is 2.42. The van der Waals surface area contributed by atoms with Crippen LogP contribution in [0, 0.1) is 0 Å². The number of hydrogen-bond acceptors (Lipinski definition) is 3. The normalized spacial score (nSPS) is 14.4. The predicted molar refractivity (Wildman–Crippen MR) is 52.5 cm³/mol. The van der Waals surface area contributed by atoms with Gasteiger partial charge in [0.15, 0.2) is 0 Å². The molecule has 0 radical (unpaired) electrons. The van der Waals surface area contributed by atoms with E-state index in [1.54, 1.807) is 0 Å². The van der Waals surface area contributed by atoms with Gasteiger partial charge >= 0.3 is 5.97 Å². The lowest BCUT2D eigenvalue weighted by atomic mass is 10.4. The van der Waals surface area contributed by atoms with Crippen LogP contribution in [-0.2, 0) is 4.79 Å². The average molecular weight is 210 g/mol. The molecule has 0 aliphatic rings. The number of aliphatic carboxylic acids is 1. The zero-order chi connectivity index (χ0) is 9.56. The highest BCUT2D eigenvalue weighted by molar-refractivity contribution is 7.99. The van der Waals surface area contributed by atoms with Crippen molar-refractivity contribution in [2.45, 2.75) is 13.0 Å². The number of rotatable bonds is 5. The molecule has 0 unspecified atom stereocenters. The van der Waals surface area contributed by atoms with Crippen molar-refractivity contribution in [3.63, 3.8) is 0 Å². The summed E-state index contributed by atoms with van der Waals surface area (Å²) >= 11 is 6.87. The molecule has 0 aromatic heterocycles. The molecule has 3 nitrogen and oxygen atoms in total. The lowest BCUT2D eigenvalue weighted by Gasteiger charge is -2.04. The minimum absolute atomic E-state index is 0.414. The maximum Gasteiger partial charge on any atom is 0.321 e. The summed E-state index contributed by atoms with van der Waals surface area (Å²) in [6.45, 7) is 1.88. The number of hydrogen-bond donors (Lipinski definition) is 2. The molecular formula is C7H12ClNO2S. The van der Waals surface area contributed by atoms with Crippen molar-refractivity contribution < 1.29 is 9.90 Å². The van der Waals surface area contributed by atoms with E-state index >= 15 is 0 Å². The van der Waals surface area contributed by atoms with Crippen molar-refractivity contribution in [3.05, 3.63) is 11.1 Å². The Morgan fingerprint density at radius 2 is 2.42 bits per heavy atom. The van der Waals surface area contributed by atoms with Crippen molar-refractivity contribution in [3.8, 4) is 0 Å². The highest BCUT2D eigenvalue weighted by Gasteiger charge is 2.10. The number of halogens is 1. The van der Waals surface area contributed by atoms with Crippen LogP contribution in [0.15, 0.2) is 11.1 Å². The van der Waals surface area contributed by atoms with Crippen LogP contribution in [0.5, 0.6) is 0 Å². The molecule has 0 aliphatic carbocycles. The standard InChI is InChI=1S/C7H12ClNO2S/c1-5(2-8)3-12-4-6(9)7(10)11/h2,6H,3-4,9H2,1H3,(H,10,11)/t6-/m1/s1. The van der Waals surface area contributed by atoms with E-state index in [4.69, 9.17) is 22.4 Å². The zero-order valence-corrected chi connectivity index (χ0v) is 8.36. The topological polar surface area (TPSA) is 63.3 Å². The minimum atomic E-state index is -0.963. The highest BCUT2D eigenvalue weighted by atomic mass is 35.5. The first-order chi connectivity index (χ1) is 5.57. The molecule has 0 aromatic carbocycles. The Morgan fingerprint density at radius 3 is 2.83 bits per heavy atom. The second kappa shape index (κ2) is 6.34. The van der Waals surface area contributed by atoms with Crippen LogP contribution in [0.25, 0.3) is 0 Å². The van der Waals surface area contributed by atoms with E-state index in [-0.39, 0.29) is 0 Å². The van der Waals surface area contributed by atoms with Crippen LogP contribution in [-0.4, -0.2) is 28.6 Å². The van der Waals surface area contributed by atoms with Gasteiger partial charge in [-0.05, 0) is 6.92 Å². The van der Waals surface area contributed by atoms with Gasteiger partial charge in [-0.25, -0.2) is 0 Å². The summed E-state index contributed by atoms with van der Waals surface area (Å²) in [5, 5.41) is 8.43. The van der Waals surface area contributed by atoms with Gasteiger partial charge in [0.25, 0.3) is 0 Å². The third-order valence-electron chi connectivity index (χ3n) is 1.13. The molecule has 0 heterocycles. The molecule has 0 rings (SSSR count). The smallest absolute Gasteiger partial charge is 0.321 e. The van der Waals surface area contributed by atoms with Crippen LogP contribution in [0.3, 0.4) is 0 Å². The van der Waals surface area contributed by atoms with E-state index in [0.29, 0.717) is 5.75 Å². The Morgan fingerprint density at radius 1 is 1.83 bits per heavy atom. The van der Waals surface area contributed by atoms with Gasteiger partial charge < -0.3 is 10.8 Å². The third-order valence-corrected chi connectivity index (χ3v) is 2.76. The maximum absolute atomic E-state index is 10.3. The Hall–Kier alpha value is -0.190. The molecule has 0 bridgehead atoms. The van der Waals surface area contributed by atoms with Crippen molar-refractivity contribution in [2.75, 3.05) is 11.5 Å². The molecule has 0 aromatic rings. The van der Waals surface area contributed by atoms with Crippen molar-refractivity contribution in [1.82, 2.24) is 0 Å². The lowest BCUT2D eigenvalue weighted by Crippen LogP contribution is -2.32. The summed E-state index contributed by atoms with van der Waals surface area (Å²) < 4.78 is 0. The largest absolute Gasteiger partial charge is 0.480 e. The molecule has 0 aliphatic heterocycles. The number of nitrogens with two attached hydrogens (primary N) is 1. The van der Waals surface area contributed by atoms with Crippen LogP contribution >= 0.6 is 23.4 Å². The third kappa shape index (κ3) is 5.46. The van der Waals surface area contributed by atoms with Gasteiger partial charge in [-0.3, -0.25) is 4.79 Å². The first-order valence-electron chi connectivity index (χ1n) is 3.40. The maximum atomic E-state index is 10.3. The number of thioether (sulfide) groups is 1. The van der Waals surface area contributed by atoms with Gasteiger partial charge in [-0.2, -0.15) is 11.8 Å². The molecule has 12 heavy (non-hydrogen) atoms. The summed E-state index contributed by atoms with van der Waals surface area (Å²) in [7, 11) is 0. The van der Waals surface area contributed by atoms with Crippen LogP contribution in [0.1, 0.15) is 6.92 Å². The van der Waals surface area contributed by atoms with Crippen LogP contribution in [0.4, 0.5) is 0 Å². The Kier molecular flexibility index (Phi) is 6.24. The van der Waals surface area contributed by atoms with Gasteiger partial charge in [0.2, 0.25) is 0 Å². The molecular weight excluding hydrogens is 198 g/mol. The highest BCUT2D eigenvalue weighted by Crippen LogP contribution is 2.08. The predicted octanol–water partition coefficient (Wildman–Crippen LogP) is 1.27. The fraction of sp³-hybridized carbons (Fsp3) is 0.571. The summed E-state index contributed by atoms with van der Waals surface area (Å²) in [6, 6.07) is -0.780. The molecule has 5 heteroatoms. The van der Waals surface area contributed by atoms with Gasteiger partial charge in [-0.1, -0.05) is 17.2 Å². The molecule has 0 fully saturated rings. The molecule has 1 atom stereocenters. The first-order valence-corrected chi connectivity index (χ1v) is 4.99. The van der Waals surface area contributed by atoms with E-state index in [1.165, 1.54) is 17.3 Å². The Balaban J connectivity index is 3.50.